The van der Waals surface area contributed by atoms with Crippen LogP contribution in [0, 0.1) is 20.8 Å². The van der Waals surface area contributed by atoms with Crippen molar-refractivity contribution in [1.82, 2.24) is 9.97 Å². The highest BCUT2D eigenvalue weighted by molar-refractivity contribution is 6.31. The third kappa shape index (κ3) is 3.49. The van der Waals surface area contributed by atoms with E-state index in [0.29, 0.717) is 28.0 Å². The number of hydrogen-bond donors (Lipinski definition) is 1. The third-order valence-corrected chi connectivity index (χ3v) is 3.33. The molecule has 5 nitrogen and oxygen atoms in total. The van der Waals surface area contributed by atoms with Gasteiger partial charge in [0.15, 0.2) is 0 Å². The van der Waals surface area contributed by atoms with Gasteiger partial charge in [-0.1, -0.05) is 11.6 Å². The first-order chi connectivity index (χ1) is 9.90. The van der Waals surface area contributed by atoms with Crippen LogP contribution in [-0.4, -0.2) is 23.0 Å². The molecule has 2 aromatic rings. The first-order valence-corrected chi connectivity index (χ1v) is 6.76. The first kappa shape index (κ1) is 15.3. The number of nitrogens with zero attached hydrogens (tertiary/aromatic N) is 2. The molecule has 0 aliphatic rings. The highest BCUT2D eigenvalue weighted by Gasteiger charge is 2.14. The lowest BCUT2D eigenvalue weighted by Crippen LogP contribution is -2.16. The molecule has 0 saturated carbocycles. The zero-order valence-corrected chi connectivity index (χ0v) is 13.1. The van der Waals surface area contributed by atoms with Gasteiger partial charge < -0.3 is 10.1 Å². The van der Waals surface area contributed by atoms with Crippen LogP contribution in [-0.2, 0) is 0 Å². The van der Waals surface area contributed by atoms with Crippen LogP contribution in [0.1, 0.15) is 27.6 Å². The van der Waals surface area contributed by atoms with E-state index in [9.17, 15) is 4.79 Å². The zero-order chi connectivity index (χ0) is 15.6. The van der Waals surface area contributed by atoms with E-state index in [1.54, 1.807) is 25.1 Å². The number of benzene rings is 1. The fraction of sp³-hybridized carbons (Fsp3) is 0.267. The predicted molar refractivity (Wildman–Crippen MR) is 82.2 cm³/mol. The molecule has 1 N–H and O–H groups in total. The summed E-state index contributed by atoms with van der Waals surface area (Å²) in [6.45, 7) is 5.42. The highest BCUT2D eigenvalue weighted by Crippen LogP contribution is 2.31. The second-order valence-corrected chi connectivity index (χ2v) is 5.10. The lowest BCUT2D eigenvalue weighted by molar-refractivity contribution is 0.102. The number of carbonyl (C=O) groups is 1. The van der Waals surface area contributed by atoms with Crippen LogP contribution in [0.4, 0.5) is 5.69 Å². The van der Waals surface area contributed by atoms with Gasteiger partial charge in [-0.05, 0) is 38.5 Å². The van der Waals surface area contributed by atoms with Gasteiger partial charge in [0.25, 0.3) is 5.91 Å². The molecule has 1 aromatic heterocycles. The molecule has 0 unspecified atom stereocenters. The summed E-state index contributed by atoms with van der Waals surface area (Å²) >= 11 is 6.05. The summed E-state index contributed by atoms with van der Waals surface area (Å²) in [4.78, 5) is 20.6. The zero-order valence-electron chi connectivity index (χ0n) is 12.3. The Balaban J connectivity index is 2.33. The monoisotopic (exact) mass is 305 g/mol. The van der Waals surface area contributed by atoms with Crippen LogP contribution in [0.2, 0.25) is 5.02 Å². The second-order valence-electron chi connectivity index (χ2n) is 4.70. The second kappa shape index (κ2) is 6.10. The standard InChI is InChI=1S/C15H16ClN3O2/c1-8-5-12(14(21-4)7-11(8)16)19-15(20)13-6-9(2)17-10(3)18-13/h5-7H,1-4H3,(H,19,20). The maximum Gasteiger partial charge on any atom is 0.274 e. The maximum atomic E-state index is 12.3. The van der Waals surface area contributed by atoms with Gasteiger partial charge >= 0.3 is 0 Å². The summed E-state index contributed by atoms with van der Waals surface area (Å²) in [5, 5.41) is 3.37. The van der Waals surface area contributed by atoms with Crippen LogP contribution in [0.5, 0.6) is 5.75 Å². The topological polar surface area (TPSA) is 64.1 Å². The Kier molecular flexibility index (Phi) is 4.43. The Labute approximate surface area is 128 Å². The smallest absolute Gasteiger partial charge is 0.274 e. The van der Waals surface area contributed by atoms with E-state index in [2.05, 4.69) is 15.3 Å². The highest BCUT2D eigenvalue weighted by atomic mass is 35.5. The molecular formula is C15H16ClN3O2. The first-order valence-electron chi connectivity index (χ1n) is 6.38. The molecule has 21 heavy (non-hydrogen) atoms. The minimum atomic E-state index is -0.316. The molecule has 1 aromatic carbocycles. The summed E-state index contributed by atoms with van der Waals surface area (Å²) in [6.07, 6.45) is 0. The van der Waals surface area contributed by atoms with Crippen molar-refractivity contribution in [3.8, 4) is 5.75 Å². The average molecular weight is 306 g/mol. The van der Waals surface area contributed by atoms with E-state index in [1.165, 1.54) is 7.11 Å². The molecule has 1 amide bonds. The largest absolute Gasteiger partial charge is 0.495 e. The van der Waals surface area contributed by atoms with E-state index in [0.717, 1.165) is 11.3 Å². The molecule has 0 spiro atoms. The third-order valence-electron chi connectivity index (χ3n) is 2.93. The molecule has 0 saturated heterocycles. The number of aromatic nitrogens is 2. The minimum Gasteiger partial charge on any atom is -0.495 e. The number of aryl methyl sites for hydroxylation is 3. The van der Waals surface area contributed by atoms with Gasteiger partial charge in [0, 0.05) is 16.8 Å². The number of ether oxygens (including phenoxy) is 1. The van der Waals surface area contributed by atoms with Crippen LogP contribution >= 0.6 is 11.6 Å². The number of halogens is 1. The number of carbonyl (C=O) groups excluding carboxylic acids is 1. The van der Waals surface area contributed by atoms with Crippen molar-refractivity contribution >= 4 is 23.2 Å². The van der Waals surface area contributed by atoms with Gasteiger partial charge in [-0.25, -0.2) is 9.97 Å². The number of amides is 1. The fourth-order valence-corrected chi connectivity index (χ4v) is 2.10. The SMILES string of the molecule is COc1cc(Cl)c(C)cc1NC(=O)c1cc(C)nc(C)n1. The van der Waals surface area contributed by atoms with Crippen molar-refractivity contribution in [2.24, 2.45) is 0 Å². The molecule has 1 heterocycles. The van der Waals surface area contributed by atoms with Crippen LogP contribution in [0.25, 0.3) is 0 Å². The summed E-state index contributed by atoms with van der Waals surface area (Å²) < 4.78 is 5.23. The molecular weight excluding hydrogens is 290 g/mol. The van der Waals surface area contributed by atoms with Gasteiger partial charge in [-0.15, -0.1) is 0 Å². The molecule has 0 aliphatic carbocycles. The van der Waals surface area contributed by atoms with Gasteiger partial charge in [0.05, 0.1) is 12.8 Å². The molecule has 0 radical (unpaired) electrons. The lowest BCUT2D eigenvalue weighted by atomic mass is 10.2. The number of anilines is 1. The molecule has 0 fully saturated rings. The Morgan fingerprint density at radius 1 is 1.19 bits per heavy atom. The number of rotatable bonds is 3. The summed E-state index contributed by atoms with van der Waals surface area (Å²) in [6, 6.07) is 5.07. The van der Waals surface area contributed by atoms with Crippen LogP contribution in [0.3, 0.4) is 0 Å². The molecule has 0 aliphatic heterocycles. The van der Waals surface area contributed by atoms with Crippen molar-refractivity contribution in [1.29, 1.82) is 0 Å². The maximum absolute atomic E-state index is 12.3. The van der Waals surface area contributed by atoms with E-state index >= 15 is 0 Å². The van der Waals surface area contributed by atoms with Crippen LogP contribution < -0.4 is 10.1 Å². The van der Waals surface area contributed by atoms with Crippen molar-refractivity contribution in [3.63, 3.8) is 0 Å². The Morgan fingerprint density at radius 3 is 2.52 bits per heavy atom. The Bertz CT molecular complexity index is 681. The van der Waals surface area contributed by atoms with E-state index in [4.69, 9.17) is 16.3 Å². The van der Waals surface area contributed by atoms with Crippen molar-refractivity contribution in [2.75, 3.05) is 12.4 Å². The molecule has 0 atom stereocenters. The van der Waals surface area contributed by atoms with E-state index in [1.807, 2.05) is 13.8 Å². The fourth-order valence-electron chi connectivity index (χ4n) is 1.95. The van der Waals surface area contributed by atoms with Crippen LogP contribution in [0.15, 0.2) is 18.2 Å². The van der Waals surface area contributed by atoms with Gasteiger partial charge in [-0.3, -0.25) is 4.79 Å². The van der Waals surface area contributed by atoms with E-state index in [-0.39, 0.29) is 5.91 Å². The summed E-state index contributed by atoms with van der Waals surface area (Å²) in [5.41, 5.74) is 2.46. The number of hydrogen-bond acceptors (Lipinski definition) is 4. The lowest BCUT2D eigenvalue weighted by Gasteiger charge is -2.12. The van der Waals surface area contributed by atoms with Gasteiger partial charge in [0.2, 0.25) is 0 Å². The quantitative estimate of drug-likeness (QED) is 0.945. The number of nitrogens with one attached hydrogen (secondary N) is 1. The van der Waals surface area contributed by atoms with Gasteiger partial charge in [-0.2, -0.15) is 0 Å². The normalized spacial score (nSPS) is 10.3. The Hall–Kier alpha value is -2.14. The summed E-state index contributed by atoms with van der Waals surface area (Å²) in [7, 11) is 1.52. The molecule has 2 rings (SSSR count). The minimum absolute atomic E-state index is 0.314. The van der Waals surface area contributed by atoms with Gasteiger partial charge in [0.1, 0.15) is 17.3 Å². The molecule has 0 bridgehead atoms. The number of methoxy groups -OCH3 is 1. The average Bonchev–Trinajstić information content (AvgIpc) is 2.41. The molecule has 110 valence electrons. The van der Waals surface area contributed by atoms with E-state index < -0.39 is 0 Å². The van der Waals surface area contributed by atoms with Crippen molar-refractivity contribution in [2.45, 2.75) is 20.8 Å². The van der Waals surface area contributed by atoms with Crippen molar-refractivity contribution < 1.29 is 9.53 Å². The van der Waals surface area contributed by atoms with Crippen molar-refractivity contribution in [3.05, 3.63) is 46.0 Å². The molecule has 6 heteroatoms. The summed E-state index contributed by atoms with van der Waals surface area (Å²) in [5.74, 6) is 0.740. The Morgan fingerprint density at radius 2 is 1.90 bits per heavy atom. The predicted octanol–water partition coefficient (Wildman–Crippen LogP) is 3.32.